The molecule has 0 saturated heterocycles. The molecule has 0 atom stereocenters. The molecular weight excluding hydrogens is 476 g/mol. The Hall–Kier alpha value is -3.48. The van der Waals surface area contributed by atoms with E-state index in [0.717, 1.165) is 50.7 Å². The van der Waals surface area contributed by atoms with Crippen molar-refractivity contribution in [1.29, 1.82) is 0 Å². The standard InChI is InChI=1S/C28H25ClN4OS/c1-19-9-11-20(12-10-19)17-30-26(34)8-4-7-25-27(21-13-15-22(29)16-14-21)32-28(35-25)33-18-31-23-5-2-3-6-24(23)33/h2-3,5-6,9-16,18H,4,7-8,17H2,1H3,(H,30,34). The number of fused-ring (bicyclic) bond motifs is 1. The molecule has 0 spiro atoms. The summed E-state index contributed by atoms with van der Waals surface area (Å²) in [6.45, 7) is 2.61. The maximum atomic E-state index is 12.5. The summed E-state index contributed by atoms with van der Waals surface area (Å²) in [6, 6.07) is 24.0. The van der Waals surface area contributed by atoms with Gasteiger partial charge in [-0.3, -0.25) is 9.36 Å². The molecule has 0 saturated carbocycles. The van der Waals surface area contributed by atoms with Gasteiger partial charge in [-0.05, 0) is 49.6 Å². The van der Waals surface area contributed by atoms with Crippen LogP contribution in [0.4, 0.5) is 0 Å². The van der Waals surface area contributed by atoms with Crippen LogP contribution < -0.4 is 5.32 Å². The van der Waals surface area contributed by atoms with Crippen molar-refractivity contribution in [2.75, 3.05) is 0 Å². The van der Waals surface area contributed by atoms with E-state index in [-0.39, 0.29) is 5.91 Å². The molecule has 0 aliphatic heterocycles. The number of para-hydroxylation sites is 2. The number of hydrogen-bond acceptors (Lipinski definition) is 4. The quantitative estimate of drug-likeness (QED) is 0.256. The number of carbonyl (C=O) groups excluding carboxylic acids is 1. The van der Waals surface area contributed by atoms with Crippen molar-refractivity contribution < 1.29 is 4.79 Å². The molecule has 2 aromatic heterocycles. The highest BCUT2D eigenvalue weighted by molar-refractivity contribution is 7.14. The van der Waals surface area contributed by atoms with Gasteiger partial charge in [0.15, 0.2) is 5.13 Å². The average Bonchev–Trinajstić information content (AvgIpc) is 3.48. The first-order valence-electron chi connectivity index (χ1n) is 11.6. The number of nitrogens with zero attached hydrogens (tertiary/aromatic N) is 3. The van der Waals surface area contributed by atoms with Crippen molar-refractivity contribution in [2.45, 2.75) is 32.7 Å². The summed E-state index contributed by atoms with van der Waals surface area (Å²) < 4.78 is 2.03. The molecule has 1 amide bonds. The molecule has 2 heterocycles. The number of aryl methyl sites for hydroxylation is 2. The lowest BCUT2D eigenvalue weighted by Gasteiger charge is -2.06. The van der Waals surface area contributed by atoms with Gasteiger partial charge in [-0.25, -0.2) is 9.97 Å². The van der Waals surface area contributed by atoms with E-state index < -0.39 is 0 Å². The zero-order valence-electron chi connectivity index (χ0n) is 19.4. The van der Waals surface area contributed by atoms with Crippen LogP contribution in [0.3, 0.4) is 0 Å². The molecule has 5 rings (SSSR count). The minimum Gasteiger partial charge on any atom is -0.352 e. The smallest absolute Gasteiger partial charge is 0.220 e. The van der Waals surface area contributed by atoms with Crippen LogP contribution in [0.15, 0.2) is 79.1 Å². The first-order chi connectivity index (χ1) is 17.1. The van der Waals surface area contributed by atoms with Gasteiger partial charge >= 0.3 is 0 Å². The van der Waals surface area contributed by atoms with Crippen LogP contribution in [0.1, 0.15) is 28.8 Å². The van der Waals surface area contributed by atoms with Gasteiger partial charge in [0, 0.05) is 28.4 Å². The maximum Gasteiger partial charge on any atom is 0.220 e. The van der Waals surface area contributed by atoms with Gasteiger partial charge in [0.2, 0.25) is 5.91 Å². The van der Waals surface area contributed by atoms with Crippen molar-refractivity contribution in [2.24, 2.45) is 0 Å². The van der Waals surface area contributed by atoms with Crippen LogP contribution in [-0.4, -0.2) is 20.4 Å². The Labute approximate surface area is 213 Å². The molecule has 0 radical (unpaired) electrons. The highest BCUT2D eigenvalue weighted by Gasteiger charge is 2.16. The normalized spacial score (nSPS) is 11.1. The Morgan fingerprint density at radius 1 is 1.03 bits per heavy atom. The summed E-state index contributed by atoms with van der Waals surface area (Å²) in [6.07, 6.45) is 3.79. The lowest BCUT2D eigenvalue weighted by atomic mass is 10.1. The molecule has 0 aliphatic rings. The second-order valence-electron chi connectivity index (χ2n) is 8.49. The lowest BCUT2D eigenvalue weighted by molar-refractivity contribution is -0.121. The molecule has 35 heavy (non-hydrogen) atoms. The number of rotatable bonds is 8. The number of benzene rings is 3. The highest BCUT2D eigenvalue weighted by Crippen LogP contribution is 2.33. The first-order valence-corrected chi connectivity index (χ1v) is 12.8. The van der Waals surface area contributed by atoms with E-state index in [1.807, 2.05) is 71.6 Å². The Morgan fingerprint density at radius 3 is 2.60 bits per heavy atom. The fourth-order valence-corrected chi connectivity index (χ4v) is 5.19. The number of amides is 1. The lowest BCUT2D eigenvalue weighted by Crippen LogP contribution is -2.22. The van der Waals surface area contributed by atoms with Crippen molar-refractivity contribution in [1.82, 2.24) is 19.9 Å². The van der Waals surface area contributed by atoms with E-state index in [2.05, 4.69) is 29.4 Å². The van der Waals surface area contributed by atoms with Crippen LogP contribution in [-0.2, 0) is 17.8 Å². The van der Waals surface area contributed by atoms with Crippen molar-refractivity contribution in [3.05, 3.63) is 100 Å². The first kappa shape index (κ1) is 23.3. The Morgan fingerprint density at radius 2 is 1.80 bits per heavy atom. The summed E-state index contributed by atoms with van der Waals surface area (Å²) in [5.74, 6) is 0.0592. The topological polar surface area (TPSA) is 59.8 Å². The Bertz CT molecular complexity index is 1450. The van der Waals surface area contributed by atoms with Crippen LogP contribution in [0.25, 0.3) is 27.4 Å². The zero-order chi connectivity index (χ0) is 24.2. The largest absolute Gasteiger partial charge is 0.352 e. The second-order valence-corrected chi connectivity index (χ2v) is 9.99. The van der Waals surface area contributed by atoms with Gasteiger partial charge < -0.3 is 5.32 Å². The molecule has 1 N–H and O–H groups in total. The predicted octanol–water partition coefficient (Wildman–Crippen LogP) is 6.75. The Kier molecular flexibility index (Phi) is 6.93. The third-order valence-corrected chi connectivity index (χ3v) is 7.25. The van der Waals surface area contributed by atoms with Gasteiger partial charge in [-0.15, -0.1) is 11.3 Å². The number of halogens is 1. The summed E-state index contributed by atoms with van der Waals surface area (Å²) >= 11 is 7.76. The maximum absolute atomic E-state index is 12.5. The van der Waals surface area contributed by atoms with Crippen molar-refractivity contribution in [3.8, 4) is 16.4 Å². The fourth-order valence-electron chi connectivity index (χ4n) is 3.96. The highest BCUT2D eigenvalue weighted by atomic mass is 35.5. The number of aromatic nitrogens is 3. The molecule has 176 valence electrons. The number of carbonyl (C=O) groups is 1. The van der Waals surface area contributed by atoms with Crippen LogP contribution >= 0.6 is 22.9 Å². The minimum atomic E-state index is 0.0592. The van der Waals surface area contributed by atoms with E-state index in [1.165, 1.54) is 5.56 Å². The number of thiazole rings is 1. The summed E-state index contributed by atoms with van der Waals surface area (Å²) in [5, 5.41) is 4.58. The number of nitrogens with one attached hydrogen (secondary N) is 1. The molecule has 3 aromatic carbocycles. The van der Waals surface area contributed by atoms with Gasteiger partial charge in [-0.2, -0.15) is 0 Å². The van der Waals surface area contributed by atoms with Crippen LogP contribution in [0, 0.1) is 6.92 Å². The summed E-state index contributed by atoms with van der Waals surface area (Å²) in [4.78, 5) is 23.1. The summed E-state index contributed by atoms with van der Waals surface area (Å²) in [7, 11) is 0. The van der Waals surface area contributed by atoms with Crippen molar-refractivity contribution in [3.63, 3.8) is 0 Å². The number of imidazole rings is 1. The molecular formula is C28H25ClN4OS. The Balaban J connectivity index is 1.32. The average molecular weight is 501 g/mol. The van der Waals surface area contributed by atoms with Crippen molar-refractivity contribution >= 4 is 39.9 Å². The minimum absolute atomic E-state index is 0.0592. The van der Waals surface area contributed by atoms with Crippen LogP contribution in [0.2, 0.25) is 5.02 Å². The SMILES string of the molecule is Cc1ccc(CNC(=O)CCCc2sc(-n3cnc4ccccc43)nc2-c2ccc(Cl)cc2)cc1. The molecule has 0 unspecified atom stereocenters. The van der Waals surface area contributed by atoms with Gasteiger partial charge in [-0.1, -0.05) is 65.7 Å². The molecule has 5 nitrogen and oxygen atoms in total. The zero-order valence-corrected chi connectivity index (χ0v) is 20.9. The summed E-state index contributed by atoms with van der Waals surface area (Å²) in [5.41, 5.74) is 6.21. The van der Waals surface area contributed by atoms with Gasteiger partial charge in [0.1, 0.15) is 6.33 Å². The second kappa shape index (κ2) is 10.4. The van der Waals surface area contributed by atoms with E-state index in [1.54, 1.807) is 11.3 Å². The molecule has 7 heteroatoms. The number of hydrogen-bond donors (Lipinski definition) is 1. The molecule has 0 fully saturated rings. The third kappa shape index (κ3) is 5.45. The third-order valence-electron chi connectivity index (χ3n) is 5.88. The van der Waals surface area contributed by atoms with Gasteiger partial charge in [0.25, 0.3) is 0 Å². The van der Waals surface area contributed by atoms with Crippen LogP contribution in [0.5, 0.6) is 0 Å². The fraction of sp³-hybridized carbons (Fsp3) is 0.179. The predicted molar refractivity (Wildman–Crippen MR) is 143 cm³/mol. The van der Waals surface area contributed by atoms with E-state index >= 15 is 0 Å². The van der Waals surface area contributed by atoms with Gasteiger partial charge in [0.05, 0.1) is 16.7 Å². The molecule has 5 aromatic rings. The molecule has 0 bridgehead atoms. The van der Waals surface area contributed by atoms with E-state index in [9.17, 15) is 4.79 Å². The monoisotopic (exact) mass is 500 g/mol. The van der Waals surface area contributed by atoms with E-state index in [4.69, 9.17) is 16.6 Å². The van der Waals surface area contributed by atoms with E-state index in [0.29, 0.717) is 18.0 Å². The molecule has 0 aliphatic carbocycles.